The fourth-order valence-electron chi connectivity index (χ4n) is 0.702. The lowest BCUT2D eigenvalue weighted by atomic mass is 10.5. The summed E-state index contributed by atoms with van der Waals surface area (Å²) in [6, 6.07) is 0.882. The zero-order chi connectivity index (χ0) is 8.65. The first kappa shape index (κ1) is 7.90. The summed E-state index contributed by atoms with van der Waals surface area (Å²) in [4.78, 5) is 10.5. The Morgan fingerprint density at radius 3 is 2.27 bits per heavy atom. The van der Waals surface area contributed by atoms with Crippen LogP contribution >= 0.6 is 0 Å². The third kappa shape index (κ3) is 1.44. The van der Waals surface area contributed by atoms with E-state index in [0.717, 1.165) is 6.07 Å². The fourth-order valence-corrected chi connectivity index (χ4v) is 0.702. The van der Waals surface area contributed by atoms with Crippen molar-refractivity contribution in [1.82, 2.24) is 9.78 Å². The van der Waals surface area contributed by atoms with E-state index >= 15 is 0 Å². The molecule has 3 nitrogen and oxygen atoms in total. The second-order valence-corrected chi connectivity index (χ2v) is 2.08. The van der Waals surface area contributed by atoms with E-state index in [1.165, 1.54) is 6.92 Å². The number of rotatable bonds is 0. The van der Waals surface area contributed by atoms with Crippen molar-refractivity contribution in [2.75, 3.05) is 0 Å². The van der Waals surface area contributed by atoms with Crippen LogP contribution in [-0.4, -0.2) is 9.78 Å². The van der Waals surface area contributed by atoms with E-state index in [2.05, 4.69) is 0 Å². The number of halogens is 3. The maximum atomic E-state index is 11.8. The summed E-state index contributed by atoms with van der Waals surface area (Å²) in [5.74, 6) is 0. The first-order valence-corrected chi connectivity index (χ1v) is 2.77. The van der Waals surface area contributed by atoms with Crippen LogP contribution in [0.3, 0.4) is 0 Å². The molecule has 0 saturated carbocycles. The Morgan fingerprint density at radius 2 is 2.09 bits per heavy atom. The number of hydrogen-bond acceptors (Lipinski definition) is 1. The highest BCUT2D eigenvalue weighted by Crippen LogP contribution is 2.18. The zero-order valence-electron chi connectivity index (χ0n) is 5.57. The Hall–Kier alpha value is -1.20. The number of nitrogens with zero attached hydrogens (tertiary/aromatic N) is 1. The van der Waals surface area contributed by atoms with Crippen molar-refractivity contribution in [3.05, 3.63) is 22.1 Å². The van der Waals surface area contributed by atoms with Gasteiger partial charge in [0.2, 0.25) is 0 Å². The minimum absolute atomic E-state index is 0.187. The molecule has 0 aliphatic heterocycles. The van der Waals surface area contributed by atoms with Crippen LogP contribution in [0.15, 0.2) is 10.9 Å². The highest BCUT2D eigenvalue weighted by atomic mass is 19.4. The van der Waals surface area contributed by atoms with E-state index < -0.39 is 11.9 Å². The molecule has 0 atom stereocenters. The second kappa shape index (κ2) is 2.14. The van der Waals surface area contributed by atoms with Crippen molar-refractivity contribution in [2.24, 2.45) is 0 Å². The van der Waals surface area contributed by atoms with Gasteiger partial charge in [-0.25, -0.2) is 0 Å². The van der Waals surface area contributed by atoms with E-state index in [1.807, 2.05) is 5.10 Å². The second-order valence-electron chi connectivity index (χ2n) is 2.08. The van der Waals surface area contributed by atoms with Gasteiger partial charge in [0, 0.05) is 11.8 Å². The predicted octanol–water partition coefficient (Wildman–Crippen LogP) is 0.961. The number of H-pyrrole nitrogens is 1. The van der Waals surface area contributed by atoms with Crippen molar-refractivity contribution in [3.8, 4) is 0 Å². The molecule has 1 aromatic rings. The monoisotopic (exact) mass is 166 g/mol. The van der Waals surface area contributed by atoms with Crippen LogP contribution < -0.4 is 5.56 Å². The van der Waals surface area contributed by atoms with E-state index in [4.69, 9.17) is 0 Å². The molecule has 11 heavy (non-hydrogen) atoms. The molecule has 1 N–H and O–H groups in total. The molecule has 0 amide bonds. The normalized spacial score (nSPS) is 12.0. The molecule has 0 aromatic carbocycles. The van der Waals surface area contributed by atoms with Gasteiger partial charge in [0.05, 0.1) is 0 Å². The van der Waals surface area contributed by atoms with Gasteiger partial charge < -0.3 is 0 Å². The highest BCUT2D eigenvalue weighted by molar-refractivity contribution is 4.96. The highest BCUT2D eigenvalue weighted by Gasteiger charge is 2.33. The van der Waals surface area contributed by atoms with E-state index in [1.54, 1.807) is 0 Å². The van der Waals surface area contributed by atoms with Gasteiger partial charge >= 0.3 is 6.30 Å². The van der Waals surface area contributed by atoms with Crippen LogP contribution in [-0.2, 0) is 6.30 Å². The molecule has 1 heterocycles. The molecule has 62 valence electrons. The molecular formula is C5H5F3N2O. The molecule has 6 heteroatoms. The van der Waals surface area contributed by atoms with Gasteiger partial charge in [0.1, 0.15) is 0 Å². The average Bonchev–Trinajstić information content (AvgIpc) is 2.08. The van der Waals surface area contributed by atoms with E-state index in [-0.39, 0.29) is 10.4 Å². The van der Waals surface area contributed by atoms with Crippen molar-refractivity contribution < 1.29 is 13.2 Å². The summed E-state index contributed by atoms with van der Waals surface area (Å²) >= 11 is 0. The Balaban J connectivity index is 3.25. The molecule has 1 rings (SSSR count). The van der Waals surface area contributed by atoms with Crippen molar-refractivity contribution in [3.63, 3.8) is 0 Å². The maximum Gasteiger partial charge on any atom is 0.505 e. The first-order chi connectivity index (χ1) is 4.91. The Labute approximate surface area is 59.4 Å². The summed E-state index contributed by atoms with van der Waals surface area (Å²) in [5.41, 5.74) is -0.901. The predicted molar refractivity (Wildman–Crippen MR) is 31.1 cm³/mol. The van der Waals surface area contributed by atoms with Gasteiger partial charge in [-0.3, -0.25) is 9.89 Å². The lowest BCUT2D eigenvalue weighted by molar-refractivity contribution is -0.214. The summed E-state index contributed by atoms with van der Waals surface area (Å²) in [6.07, 6.45) is -4.65. The van der Waals surface area contributed by atoms with Crippen LogP contribution in [0, 0.1) is 6.92 Å². The lowest BCUT2D eigenvalue weighted by Gasteiger charge is -2.04. The third-order valence-corrected chi connectivity index (χ3v) is 1.10. The molecular weight excluding hydrogens is 161 g/mol. The van der Waals surface area contributed by atoms with Gasteiger partial charge in [-0.05, 0) is 6.92 Å². The summed E-state index contributed by atoms with van der Waals surface area (Å²) in [6.45, 7) is 1.38. The largest absolute Gasteiger partial charge is 0.505 e. The number of alkyl halides is 3. The zero-order valence-corrected chi connectivity index (χ0v) is 5.57. The Morgan fingerprint density at radius 1 is 1.55 bits per heavy atom. The van der Waals surface area contributed by atoms with Gasteiger partial charge in [0.15, 0.2) is 0 Å². The van der Waals surface area contributed by atoms with E-state index in [0.29, 0.717) is 0 Å². The molecule has 0 radical (unpaired) electrons. The average molecular weight is 166 g/mol. The quantitative estimate of drug-likeness (QED) is 0.612. The molecule has 0 aliphatic rings. The molecule has 0 fully saturated rings. The van der Waals surface area contributed by atoms with Crippen LogP contribution in [0.2, 0.25) is 0 Å². The van der Waals surface area contributed by atoms with Gasteiger partial charge in [-0.1, -0.05) is 0 Å². The Bertz CT molecular complexity index is 308. The standard InChI is InChI=1S/C5H5F3N2O/c1-3-2-4(11)10(9-3)5(6,7)8/h2,9H,1H3. The number of aromatic amines is 1. The van der Waals surface area contributed by atoms with Crippen LogP contribution in [0.5, 0.6) is 0 Å². The summed E-state index contributed by atoms with van der Waals surface area (Å²) in [7, 11) is 0. The molecule has 0 bridgehead atoms. The van der Waals surface area contributed by atoms with E-state index in [9.17, 15) is 18.0 Å². The summed E-state index contributed by atoms with van der Waals surface area (Å²) in [5, 5.41) is 1.86. The van der Waals surface area contributed by atoms with Crippen molar-refractivity contribution in [2.45, 2.75) is 13.2 Å². The fraction of sp³-hybridized carbons (Fsp3) is 0.400. The SMILES string of the molecule is Cc1cc(=O)n(C(F)(F)F)[nH]1. The third-order valence-electron chi connectivity index (χ3n) is 1.10. The number of aromatic nitrogens is 2. The van der Waals surface area contributed by atoms with Crippen LogP contribution in [0.25, 0.3) is 0 Å². The first-order valence-electron chi connectivity index (χ1n) is 2.77. The number of hydrogen-bond donors (Lipinski definition) is 1. The lowest BCUT2D eigenvalue weighted by Crippen LogP contribution is -2.28. The maximum absolute atomic E-state index is 11.8. The molecule has 0 spiro atoms. The summed E-state index contributed by atoms with van der Waals surface area (Å²) < 4.78 is 35.0. The smallest absolute Gasteiger partial charge is 0.293 e. The molecule has 0 aliphatic carbocycles. The number of nitrogens with one attached hydrogen (secondary N) is 1. The minimum Gasteiger partial charge on any atom is -0.293 e. The van der Waals surface area contributed by atoms with Crippen molar-refractivity contribution >= 4 is 0 Å². The van der Waals surface area contributed by atoms with Crippen LogP contribution in [0.1, 0.15) is 5.69 Å². The topological polar surface area (TPSA) is 37.8 Å². The van der Waals surface area contributed by atoms with Gasteiger partial charge in [-0.15, -0.1) is 13.2 Å². The molecule has 1 aromatic heterocycles. The molecule has 0 saturated heterocycles. The Kier molecular flexibility index (Phi) is 1.54. The number of aryl methyl sites for hydroxylation is 1. The molecule has 0 unspecified atom stereocenters. The van der Waals surface area contributed by atoms with Crippen molar-refractivity contribution in [1.29, 1.82) is 0 Å². The van der Waals surface area contributed by atoms with Gasteiger partial charge in [0.25, 0.3) is 5.56 Å². The minimum atomic E-state index is -4.65. The van der Waals surface area contributed by atoms with Gasteiger partial charge in [-0.2, -0.15) is 4.68 Å². The van der Waals surface area contributed by atoms with Crippen LogP contribution in [0.4, 0.5) is 13.2 Å².